The largest absolute Gasteiger partial charge is 0.335 e. The summed E-state index contributed by atoms with van der Waals surface area (Å²) >= 11 is 0. The number of fused-ring (bicyclic) bond motifs is 1. The van der Waals surface area contributed by atoms with Crippen LogP contribution in [0, 0.1) is 6.92 Å². The third-order valence-corrected chi connectivity index (χ3v) is 7.50. The van der Waals surface area contributed by atoms with Gasteiger partial charge in [0, 0.05) is 24.3 Å². The van der Waals surface area contributed by atoms with Gasteiger partial charge in [0.1, 0.15) is 0 Å². The Hall–Kier alpha value is -3.56. The minimum Gasteiger partial charge on any atom is -0.335 e. The van der Waals surface area contributed by atoms with Crippen LogP contribution in [0.5, 0.6) is 0 Å². The molecule has 2 aromatic heterocycles. The molecule has 0 radical (unpaired) electrons. The molecule has 8 nitrogen and oxygen atoms in total. The monoisotopic (exact) mass is 464 g/mol. The van der Waals surface area contributed by atoms with Crippen LogP contribution in [0.4, 0.5) is 5.69 Å². The predicted octanol–water partition coefficient (Wildman–Crippen LogP) is 4.48. The number of amides is 1. The van der Waals surface area contributed by atoms with E-state index in [1.165, 1.54) is 23.5 Å². The zero-order valence-corrected chi connectivity index (χ0v) is 19.6. The molecule has 0 aliphatic rings. The quantitative estimate of drug-likeness (QED) is 0.451. The van der Waals surface area contributed by atoms with E-state index in [-0.39, 0.29) is 22.6 Å². The van der Waals surface area contributed by atoms with E-state index in [1.54, 1.807) is 39.0 Å². The zero-order chi connectivity index (χ0) is 23.8. The Bertz CT molecular complexity index is 1410. The Balaban J connectivity index is 1.66. The van der Waals surface area contributed by atoms with Gasteiger partial charge in [-0.1, -0.05) is 35.5 Å². The summed E-state index contributed by atoms with van der Waals surface area (Å²) in [4.78, 5) is 17.9. The lowest BCUT2D eigenvalue weighted by Gasteiger charge is -2.21. The maximum Gasteiger partial charge on any atom is 0.259 e. The van der Waals surface area contributed by atoms with E-state index in [2.05, 4.69) is 15.5 Å². The van der Waals surface area contributed by atoms with E-state index < -0.39 is 10.0 Å². The van der Waals surface area contributed by atoms with Crippen molar-refractivity contribution < 1.29 is 17.7 Å². The van der Waals surface area contributed by atoms with Gasteiger partial charge >= 0.3 is 0 Å². The summed E-state index contributed by atoms with van der Waals surface area (Å²) < 4.78 is 32.0. The summed E-state index contributed by atoms with van der Waals surface area (Å²) in [6, 6.07) is 17.1. The van der Waals surface area contributed by atoms with Gasteiger partial charge in [-0.3, -0.25) is 4.79 Å². The molecule has 0 aliphatic carbocycles. The molecule has 0 spiro atoms. The van der Waals surface area contributed by atoms with Gasteiger partial charge in [0.25, 0.3) is 11.6 Å². The third kappa shape index (κ3) is 4.37. The highest BCUT2D eigenvalue weighted by Gasteiger charge is 2.23. The number of pyridine rings is 1. The van der Waals surface area contributed by atoms with Crippen molar-refractivity contribution in [1.82, 2.24) is 14.4 Å². The van der Waals surface area contributed by atoms with Gasteiger partial charge in [0.15, 0.2) is 0 Å². The Morgan fingerprint density at radius 2 is 1.73 bits per heavy atom. The summed E-state index contributed by atoms with van der Waals surface area (Å²) in [6.45, 7) is 5.35. The van der Waals surface area contributed by atoms with Crippen molar-refractivity contribution in [3.63, 3.8) is 0 Å². The van der Waals surface area contributed by atoms with Gasteiger partial charge in [-0.15, -0.1) is 0 Å². The van der Waals surface area contributed by atoms with Crippen LogP contribution in [0.1, 0.15) is 29.9 Å². The second-order valence-corrected chi connectivity index (χ2v) is 9.96. The van der Waals surface area contributed by atoms with Crippen molar-refractivity contribution in [2.45, 2.75) is 31.7 Å². The number of carbonyl (C=O) groups excluding carboxylic acids is 1. The Labute approximate surface area is 192 Å². The summed E-state index contributed by atoms with van der Waals surface area (Å²) in [5.41, 5.74) is 3.09. The lowest BCUT2D eigenvalue weighted by atomic mass is 10.1. The molecule has 33 heavy (non-hydrogen) atoms. The average Bonchev–Trinajstić information content (AvgIpc) is 3.19. The molecule has 2 aromatic carbocycles. The number of nitrogens with zero attached hydrogens (tertiary/aromatic N) is 3. The number of aryl methyl sites for hydroxylation is 1. The molecule has 0 saturated carbocycles. The van der Waals surface area contributed by atoms with Crippen molar-refractivity contribution in [2.75, 3.05) is 12.4 Å². The van der Waals surface area contributed by atoms with Gasteiger partial charge in [0.05, 0.1) is 27.2 Å². The van der Waals surface area contributed by atoms with E-state index >= 15 is 0 Å². The van der Waals surface area contributed by atoms with Crippen LogP contribution in [0.15, 0.2) is 70.1 Å². The SMILES string of the molecule is Cc1noc2nc(-c3ccccc3)cc(C(=O)Nc3ccc(S(=O)(=O)N(C)C(C)C)cc3)c12. The van der Waals surface area contributed by atoms with Gasteiger partial charge < -0.3 is 9.84 Å². The van der Waals surface area contributed by atoms with Crippen molar-refractivity contribution in [1.29, 1.82) is 0 Å². The Kier molecular flexibility index (Phi) is 6.01. The third-order valence-electron chi connectivity index (χ3n) is 5.45. The van der Waals surface area contributed by atoms with E-state index in [4.69, 9.17) is 4.52 Å². The van der Waals surface area contributed by atoms with Crippen LogP contribution >= 0.6 is 0 Å². The molecule has 1 amide bonds. The fraction of sp³-hybridized carbons (Fsp3) is 0.208. The van der Waals surface area contributed by atoms with Gasteiger partial charge in [0.2, 0.25) is 10.0 Å². The van der Waals surface area contributed by atoms with Crippen LogP contribution in [-0.2, 0) is 10.0 Å². The van der Waals surface area contributed by atoms with Gasteiger partial charge in [-0.25, -0.2) is 13.4 Å². The molecule has 0 bridgehead atoms. The minimum absolute atomic E-state index is 0.157. The second-order valence-electron chi connectivity index (χ2n) is 7.96. The summed E-state index contributed by atoms with van der Waals surface area (Å²) in [5.74, 6) is -0.374. The lowest BCUT2D eigenvalue weighted by molar-refractivity contribution is 0.102. The summed E-state index contributed by atoms with van der Waals surface area (Å²) in [6.07, 6.45) is 0. The number of rotatable bonds is 6. The first-order chi connectivity index (χ1) is 15.7. The molecule has 170 valence electrons. The van der Waals surface area contributed by atoms with Crippen molar-refractivity contribution in [3.8, 4) is 11.3 Å². The number of benzene rings is 2. The highest BCUT2D eigenvalue weighted by Crippen LogP contribution is 2.28. The molecule has 2 heterocycles. The maximum absolute atomic E-state index is 13.2. The Morgan fingerprint density at radius 1 is 1.06 bits per heavy atom. The molecule has 0 unspecified atom stereocenters. The van der Waals surface area contributed by atoms with E-state index in [0.29, 0.717) is 28.0 Å². The minimum atomic E-state index is -3.61. The predicted molar refractivity (Wildman–Crippen MR) is 126 cm³/mol. The number of sulfonamides is 1. The topological polar surface area (TPSA) is 105 Å². The number of carbonyl (C=O) groups is 1. The van der Waals surface area contributed by atoms with E-state index in [0.717, 1.165) is 5.56 Å². The smallest absolute Gasteiger partial charge is 0.259 e. The molecule has 0 saturated heterocycles. The number of hydrogen-bond donors (Lipinski definition) is 1. The summed E-state index contributed by atoms with van der Waals surface area (Å²) in [5, 5.41) is 7.33. The molecule has 9 heteroatoms. The first kappa shape index (κ1) is 22.6. The highest BCUT2D eigenvalue weighted by molar-refractivity contribution is 7.89. The first-order valence-corrected chi connectivity index (χ1v) is 11.8. The van der Waals surface area contributed by atoms with E-state index in [1.807, 2.05) is 30.3 Å². The average molecular weight is 465 g/mol. The van der Waals surface area contributed by atoms with Crippen LogP contribution in [-0.4, -0.2) is 41.9 Å². The van der Waals surface area contributed by atoms with Crippen LogP contribution < -0.4 is 5.32 Å². The van der Waals surface area contributed by atoms with Crippen LogP contribution in [0.3, 0.4) is 0 Å². The van der Waals surface area contributed by atoms with Crippen LogP contribution in [0.25, 0.3) is 22.4 Å². The second kappa shape index (κ2) is 8.76. The first-order valence-electron chi connectivity index (χ1n) is 10.4. The van der Waals surface area contributed by atoms with Gasteiger partial charge in [-0.05, 0) is 51.1 Å². The highest BCUT2D eigenvalue weighted by atomic mass is 32.2. The zero-order valence-electron chi connectivity index (χ0n) is 18.7. The normalized spacial score (nSPS) is 11.9. The van der Waals surface area contributed by atoms with E-state index in [9.17, 15) is 13.2 Å². The Morgan fingerprint density at radius 3 is 2.36 bits per heavy atom. The molecule has 4 aromatic rings. The molecule has 0 fully saturated rings. The van der Waals surface area contributed by atoms with Crippen molar-refractivity contribution >= 4 is 32.7 Å². The molecular formula is C24H24N4O4S. The molecule has 0 atom stereocenters. The molecular weight excluding hydrogens is 440 g/mol. The fourth-order valence-corrected chi connectivity index (χ4v) is 4.75. The van der Waals surface area contributed by atoms with Crippen molar-refractivity contribution in [3.05, 3.63) is 71.9 Å². The fourth-order valence-electron chi connectivity index (χ4n) is 3.38. The molecule has 1 N–H and O–H groups in total. The van der Waals surface area contributed by atoms with Crippen molar-refractivity contribution in [2.24, 2.45) is 0 Å². The lowest BCUT2D eigenvalue weighted by Crippen LogP contribution is -2.33. The number of nitrogens with one attached hydrogen (secondary N) is 1. The molecule has 4 rings (SSSR count). The number of hydrogen-bond acceptors (Lipinski definition) is 6. The standard InChI is InChI=1S/C24H24N4O4S/c1-15(2)28(4)33(30,31)19-12-10-18(11-13-19)25-23(29)20-14-21(17-8-6-5-7-9-17)26-24-22(20)16(3)27-32-24/h5-15H,1-4H3,(H,25,29). The number of aromatic nitrogens is 2. The van der Waals surface area contributed by atoms with Gasteiger partial charge in [-0.2, -0.15) is 4.31 Å². The van der Waals surface area contributed by atoms with Crippen LogP contribution in [0.2, 0.25) is 0 Å². The summed E-state index contributed by atoms with van der Waals surface area (Å²) in [7, 11) is -2.07. The number of anilines is 1. The molecule has 0 aliphatic heterocycles. The maximum atomic E-state index is 13.2.